The molecule has 1 unspecified atom stereocenters. The summed E-state index contributed by atoms with van der Waals surface area (Å²) in [4.78, 5) is 14.0. The third-order valence-electron chi connectivity index (χ3n) is 4.79. The van der Waals surface area contributed by atoms with Crippen molar-refractivity contribution in [1.29, 1.82) is 0 Å². The first-order valence-corrected chi connectivity index (χ1v) is 8.72. The fourth-order valence-corrected chi connectivity index (χ4v) is 3.24. The van der Waals surface area contributed by atoms with Crippen LogP contribution in [0.25, 0.3) is 0 Å². The summed E-state index contributed by atoms with van der Waals surface area (Å²) >= 11 is 0. The summed E-state index contributed by atoms with van der Waals surface area (Å²) in [6.45, 7) is 10.3. The standard InChI is InChI=1S/C17H34N2O2/c1-4-7-15-8-13-19(14-9-15)12-6-10-17(3,16(20)21)18-11-5-2/h15,18H,4-14H2,1-3H3,(H,20,21). The molecular formula is C17H34N2O2. The van der Waals surface area contributed by atoms with Crippen LogP contribution in [0.2, 0.25) is 0 Å². The van der Waals surface area contributed by atoms with E-state index in [9.17, 15) is 9.90 Å². The third-order valence-corrected chi connectivity index (χ3v) is 4.79. The van der Waals surface area contributed by atoms with Crippen molar-refractivity contribution in [3.8, 4) is 0 Å². The summed E-state index contributed by atoms with van der Waals surface area (Å²) in [5, 5.41) is 12.6. The van der Waals surface area contributed by atoms with Crippen LogP contribution in [0.5, 0.6) is 0 Å². The maximum atomic E-state index is 11.4. The molecular weight excluding hydrogens is 264 g/mol. The topological polar surface area (TPSA) is 52.6 Å². The van der Waals surface area contributed by atoms with Crippen LogP contribution in [0.3, 0.4) is 0 Å². The molecule has 21 heavy (non-hydrogen) atoms. The number of rotatable bonds is 10. The minimum Gasteiger partial charge on any atom is -0.480 e. The number of hydrogen-bond donors (Lipinski definition) is 2. The number of nitrogens with one attached hydrogen (secondary N) is 1. The first-order chi connectivity index (χ1) is 10.0. The van der Waals surface area contributed by atoms with Crippen LogP contribution in [0.15, 0.2) is 0 Å². The predicted molar refractivity (Wildman–Crippen MR) is 87.6 cm³/mol. The maximum Gasteiger partial charge on any atom is 0.323 e. The molecule has 1 heterocycles. The van der Waals surface area contributed by atoms with Crippen LogP contribution in [-0.4, -0.2) is 47.7 Å². The van der Waals surface area contributed by atoms with E-state index in [0.717, 1.165) is 31.8 Å². The van der Waals surface area contributed by atoms with E-state index in [1.54, 1.807) is 0 Å². The minimum atomic E-state index is -0.767. The van der Waals surface area contributed by atoms with Gasteiger partial charge in [-0.3, -0.25) is 4.79 Å². The first kappa shape index (κ1) is 18.4. The molecule has 4 heteroatoms. The van der Waals surface area contributed by atoms with Crippen molar-refractivity contribution >= 4 is 5.97 Å². The Hall–Kier alpha value is -0.610. The van der Waals surface area contributed by atoms with Gasteiger partial charge >= 0.3 is 5.97 Å². The molecule has 0 amide bonds. The van der Waals surface area contributed by atoms with E-state index in [0.29, 0.717) is 6.42 Å². The SMILES string of the molecule is CCCNC(C)(CCCN1CCC(CCC)CC1)C(=O)O. The Balaban J connectivity index is 2.27. The van der Waals surface area contributed by atoms with Crippen LogP contribution in [0, 0.1) is 5.92 Å². The highest BCUT2D eigenvalue weighted by atomic mass is 16.4. The smallest absolute Gasteiger partial charge is 0.323 e. The van der Waals surface area contributed by atoms with Gasteiger partial charge < -0.3 is 15.3 Å². The van der Waals surface area contributed by atoms with Gasteiger partial charge in [-0.05, 0) is 71.1 Å². The lowest BCUT2D eigenvalue weighted by atomic mass is 9.91. The maximum absolute atomic E-state index is 11.4. The molecule has 124 valence electrons. The Bertz CT molecular complexity index is 301. The van der Waals surface area contributed by atoms with Crippen LogP contribution in [0.4, 0.5) is 0 Å². The fraction of sp³-hybridized carbons (Fsp3) is 0.941. The van der Waals surface area contributed by atoms with Crippen molar-refractivity contribution in [2.75, 3.05) is 26.2 Å². The number of nitrogens with zero attached hydrogens (tertiary/aromatic N) is 1. The minimum absolute atomic E-state index is 0.706. The quantitative estimate of drug-likeness (QED) is 0.650. The zero-order valence-electron chi connectivity index (χ0n) is 14.2. The zero-order valence-corrected chi connectivity index (χ0v) is 14.2. The zero-order chi connectivity index (χ0) is 15.7. The molecule has 0 spiro atoms. The lowest BCUT2D eigenvalue weighted by molar-refractivity contribution is -0.144. The van der Waals surface area contributed by atoms with Gasteiger partial charge in [0.25, 0.3) is 0 Å². The molecule has 0 aliphatic carbocycles. The molecule has 1 aliphatic heterocycles. The van der Waals surface area contributed by atoms with Crippen LogP contribution in [-0.2, 0) is 4.79 Å². The lowest BCUT2D eigenvalue weighted by Crippen LogP contribution is -2.50. The first-order valence-electron chi connectivity index (χ1n) is 8.72. The van der Waals surface area contributed by atoms with Gasteiger partial charge in [-0.15, -0.1) is 0 Å². The summed E-state index contributed by atoms with van der Waals surface area (Å²) in [5.41, 5.74) is -0.767. The number of piperidine rings is 1. The fourth-order valence-electron chi connectivity index (χ4n) is 3.24. The molecule has 0 aromatic heterocycles. The summed E-state index contributed by atoms with van der Waals surface area (Å²) in [6.07, 6.45) is 7.93. The molecule has 0 radical (unpaired) electrons. The second-order valence-electron chi connectivity index (χ2n) is 6.74. The molecule has 1 saturated heterocycles. The van der Waals surface area contributed by atoms with Gasteiger partial charge in [-0.25, -0.2) is 0 Å². The lowest BCUT2D eigenvalue weighted by Gasteiger charge is -2.33. The van der Waals surface area contributed by atoms with Gasteiger partial charge in [0.2, 0.25) is 0 Å². The number of likely N-dealkylation sites (tertiary alicyclic amines) is 1. The molecule has 0 saturated carbocycles. The number of carboxylic acids is 1. The van der Waals surface area contributed by atoms with E-state index >= 15 is 0 Å². The van der Waals surface area contributed by atoms with Crippen molar-refractivity contribution in [1.82, 2.24) is 10.2 Å². The van der Waals surface area contributed by atoms with E-state index < -0.39 is 11.5 Å². The molecule has 0 aromatic carbocycles. The highest BCUT2D eigenvalue weighted by molar-refractivity contribution is 5.78. The molecule has 1 aliphatic rings. The van der Waals surface area contributed by atoms with Crippen molar-refractivity contribution in [2.24, 2.45) is 5.92 Å². The van der Waals surface area contributed by atoms with Crippen molar-refractivity contribution in [2.45, 2.75) is 71.3 Å². The molecule has 0 aromatic rings. The highest BCUT2D eigenvalue weighted by Gasteiger charge is 2.31. The molecule has 2 N–H and O–H groups in total. The molecule has 4 nitrogen and oxygen atoms in total. The van der Waals surface area contributed by atoms with Gasteiger partial charge in [0.15, 0.2) is 0 Å². The Morgan fingerprint density at radius 2 is 1.95 bits per heavy atom. The van der Waals surface area contributed by atoms with Crippen molar-refractivity contribution in [3.05, 3.63) is 0 Å². The Morgan fingerprint density at radius 1 is 1.29 bits per heavy atom. The summed E-state index contributed by atoms with van der Waals surface area (Å²) < 4.78 is 0. The summed E-state index contributed by atoms with van der Waals surface area (Å²) in [6, 6.07) is 0. The molecule has 1 atom stereocenters. The second-order valence-corrected chi connectivity index (χ2v) is 6.74. The van der Waals surface area contributed by atoms with Crippen molar-refractivity contribution in [3.63, 3.8) is 0 Å². The number of carbonyl (C=O) groups is 1. The van der Waals surface area contributed by atoms with Gasteiger partial charge in [-0.2, -0.15) is 0 Å². The Kier molecular flexibility index (Phi) is 8.27. The third kappa shape index (κ3) is 6.35. The van der Waals surface area contributed by atoms with Crippen LogP contribution < -0.4 is 5.32 Å². The molecule has 1 fully saturated rings. The van der Waals surface area contributed by atoms with Gasteiger partial charge in [-0.1, -0.05) is 26.7 Å². The average Bonchev–Trinajstić information content (AvgIpc) is 2.47. The Morgan fingerprint density at radius 3 is 2.48 bits per heavy atom. The van der Waals surface area contributed by atoms with E-state index in [-0.39, 0.29) is 0 Å². The number of aliphatic carboxylic acids is 1. The van der Waals surface area contributed by atoms with E-state index in [4.69, 9.17) is 0 Å². The summed E-state index contributed by atoms with van der Waals surface area (Å²) in [7, 11) is 0. The molecule has 0 bridgehead atoms. The van der Waals surface area contributed by atoms with E-state index in [1.165, 1.54) is 38.8 Å². The number of hydrogen-bond acceptors (Lipinski definition) is 3. The van der Waals surface area contributed by atoms with Crippen LogP contribution >= 0.6 is 0 Å². The van der Waals surface area contributed by atoms with Crippen LogP contribution in [0.1, 0.15) is 65.7 Å². The van der Waals surface area contributed by atoms with Gasteiger partial charge in [0, 0.05) is 0 Å². The highest BCUT2D eigenvalue weighted by Crippen LogP contribution is 2.22. The second kappa shape index (κ2) is 9.42. The van der Waals surface area contributed by atoms with Gasteiger partial charge in [0.05, 0.1) is 0 Å². The van der Waals surface area contributed by atoms with Crippen molar-refractivity contribution < 1.29 is 9.90 Å². The van der Waals surface area contributed by atoms with E-state index in [2.05, 4.69) is 24.1 Å². The number of carboxylic acid groups (broad SMARTS) is 1. The predicted octanol–water partition coefficient (Wildman–Crippen LogP) is 3.12. The Labute approximate surface area is 130 Å². The normalized spacial score (nSPS) is 20.3. The summed E-state index contributed by atoms with van der Waals surface area (Å²) in [5.74, 6) is 0.194. The monoisotopic (exact) mass is 298 g/mol. The average molecular weight is 298 g/mol. The largest absolute Gasteiger partial charge is 0.480 e. The van der Waals surface area contributed by atoms with Gasteiger partial charge in [0.1, 0.15) is 5.54 Å². The van der Waals surface area contributed by atoms with E-state index in [1.807, 2.05) is 6.92 Å². The molecule has 1 rings (SSSR count).